The molecule has 0 spiro atoms. The van der Waals surface area contributed by atoms with E-state index in [9.17, 15) is 10.1 Å². The lowest BCUT2D eigenvalue weighted by Crippen LogP contribution is -2.34. The second-order valence-electron chi connectivity index (χ2n) is 4.27. The zero-order valence-electron chi connectivity index (χ0n) is 10.3. The molecule has 2 aromatic carbocycles. The lowest BCUT2D eigenvalue weighted by molar-refractivity contribution is -0.486. The summed E-state index contributed by atoms with van der Waals surface area (Å²) in [5, 5.41) is 11.0. The van der Waals surface area contributed by atoms with Crippen LogP contribution in [0.4, 0.5) is 0 Å². The third-order valence-corrected chi connectivity index (χ3v) is 3.15. The number of benzene rings is 2. The van der Waals surface area contributed by atoms with Crippen molar-refractivity contribution in [3.05, 3.63) is 81.9 Å². The molecule has 0 aliphatic carbocycles. The van der Waals surface area contributed by atoms with Gasteiger partial charge >= 0.3 is 0 Å². The summed E-state index contributed by atoms with van der Waals surface area (Å²) in [6.45, 7) is -0.322. The Labute approximate surface area is 112 Å². The standard InChI is InChI=1S/C16H13NO2/c1-2-16(13-17(18)19,14-9-5-3-6-10-14)15-11-7-4-8-12-15/h1,3-12H,13H2. The Hall–Kier alpha value is -2.60. The van der Waals surface area contributed by atoms with Crippen LogP contribution in [0, 0.1) is 22.5 Å². The Morgan fingerprint density at radius 3 is 1.74 bits per heavy atom. The second-order valence-corrected chi connectivity index (χ2v) is 4.27. The van der Waals surface area contributed by atoms with Crippen molar-refractivity contribution in [1.82, 2.24) is 0 Å². The van der Waals surface area contributed by atoms with Crippen molar-refractivity contribution in [3.63, 3.8) is 0 Å². The summed E-state index contributed by atoms with van der Waals surface area (Å²) in [5.74, 6) is 2.64. The Kier molecular flexibility index (Phi) is 3.63. The monoisotopic (exact) mass is 251 g/mol. The molecule has 19 heavy (non-hydrogen) atoms. The number of nitrogens with zero attached hydrogens (tertiary/aromatic N) is 1. The van der Waals surface area contributed by atoms with Gasteiger partial charge in [0.15, 0.2) is 0 Å². The number of hydrogen-bond donors (Lipinski definition) is 0. The van der Waals surface area contributed by atoms with E-state index >= 15 is 0 Å². The molecule has 0 unspecified atom stereocenters. The molecule has 0 aromatic heterocycles. The van der Waals surface area contributed by atoms with Crippen molar-refractivity contribution in [2.45, 2.75) is 5.41 Å². The lowest BCUT2D eigenvalue weighted by Gasteiger charge is -2.25. The normalized spacial score (nSPS) is 10.7. The van der Waals surface area contributed by atoms with Crippen molar-refractivity contribution < 1.29 is 4.92 Å². The van der Waals surface area contributed by atoms with E-state index in [0.29, 0.717) is 0 Å². The predicted octanol–water partition coefficient (Wildman–Crippen LogP) is 2.88. The maximum absolute atomic E-state index is 11.0. The average molecular weight is 251 g/mol. The van der Waals surface area contributed by atoms with E-state index in [4.69, 9.17) is 6.42 Å². The van der Waals surface area contributed by atoms with Crippen LogP contribution in [-0.2, 0) is 5.41 Å². The average Bonchev–Trinajstić information content (AvgIpc) is 2.46. The first-order valence-corrected chi connectivity index (χ1v) is 5.89. The molecule has 0 bridgehead atoms. The number of nitro groups is 1. The van der Waals surface area contributed by atoms with Crippen LogP contribution in [0.5, 0.6) is 0 Å². The quantitative estimate of drug-likeness (QED) is 0.476. The molecule has 3 heteroatoms. The minimum absolute atomic E-state index is 0.322. The zero-order chi connectivity index (χ0) is 13.7. The van der Waals surface area contributed by atoms with Crippen molar-refractivity contribution in [2.75, 3.05) is 6.54 Å². The maximum Gasteiger partial charge on any atom is 0.228 e. The third-order valence-electron chi connectivity index (χ3n) is 3.15. The van der Waals surface area contributed by atoms with Crippen LogP contribution in [-0.4, -0.2) is 11.5 Å². The van der Waals surface area contributed by atoms with Gasteiger partial charge in [-0.1, -0.05) is 66.6 Å². The van der Waals surface area contributed by atoms with Gasteiger partial charge in [0.05, 0.1) is 0 Å². The minimum Gasteiger partial charge on any atom is -0.264 e. The SMILES string of the molecule is C#CC(C[N+](=O)[O-])(c1ccccc1)c1ccccc1. The van der Waals surface area contributed by atoms with Crippen LogP contribution in [0.15, 0.2) is 60.7 Å². The van der Waals surface area contributed by atoms with Gasteiger partial charge in [-0.25, -0.2) is 0 Å². The molecule has 2 aromatic rings. The van der Waals surface area contributed by atoms with Gasteiger partial charge in [0, 0.05) is 4.92 Å². The topological polar surface area (TPSA) is 43.1 Å². The van der Waals surface area contributed by atoms with Gasteiger partial charge in [0.25, 0.3) is 0 Å². The smallest absolute Gasteiger partial charge is 0.228 e. The molecule has 0 fully saturated rings. The molecule has 0 aliphatic heterocycles. The molecule has 0 heterocycles. The highest BCUT2D eigenvalue weighted by molar-refractivity contribution is 5.47. The summed E-state index contributed by atoms with van der Waals surface area (Å²) in [6, 6.07) is 18.4. The number of hydrogen-bond acceptors (Lipinski definition) is 2. The van der Waals surface area contributed by atoms with Crippen LogP contribution in [0.1, 0.15) is 11.1 Å². The van der Waals surface area contributed by atoms with E-state index in [2.05, 4.69) is 5.92 Å². The summed E-state index contributed by atoms with van der Waals surface area (Å²) in [7, 11) is 0. The fourth-order valence-corrected chi connectivity index (χ4v) is 2.20. The number of rotatable bonds is 4. The molecule has 0 N–H and O–H groups in total. The van der Waals surface area contributed by atoms with Gasteiger partial charge in [-0.2, -0.15) is 0 Å². The highest BCUT2D eigenvalue weighted by atomic mass is 16.6. The van der Waals surface area contributed by atoms with E-state index < -0.39 is 5.41 Å². The number of terminal acetylenes is 1. The molecular formula is C16H13NO2. The fourth-order valence-electron chi connectivity index (χ4n) is 2.20. The van der Waals surface area contributed by atoms with E-state index in [1.165, 1.54) is 0 Å². The zero-order valence-corrected chi connectivity index (χ0v) is 10.3. The molecule has 3 nitrogen and oxygen atoms in total. The first kappa shape index (κ1) is 12.8. The van der Waals surface area contributed by atoms with Gasteiger partial charge in [-0.15, -0.1) is 6.42 Å². The summed E-state index contributed by atoms with van der Waals surface area (Å²) in [5.41, 5.74) is 0.507. The molecule has 0 saturated carbocycles. The van der Waals surface area contributed by atoms with E-state index in [-0.39, 0.29) is 11.5 Å². The molecule has 0 amide bonds. The molecule has 0 atom stereocenters. The molecular weight excluding hydrogens is 238 g/mol. The Morgan fingerprint density at radius 1 is 1.00 bits per heavy atom. The first-order chi connectivity index (χ1) is 9.19. The van der Waals surface area contributed by atoms with Crippen LogP contribution in [0.25, 0.3) is 0 Å². The van der Waals surface area contributed by atoms with Crippen LogP contribution >= 0.6 is 0 Å². The van der Waals surface area contributed by atoms with Crippen LogP contribution in [0.2, 0.25) is 0 Å². The molecule has 0 aliphatic rings. The third kappa shape index (κ3) is 2.48. The van der Waals surface area contributed by atoms with Crippen molar-refractivity contribution in [2.24, 2.45) is 0 Å². The Morgan fingerprint density at radius 2 is 1.42 bits per heavy atom. The van der Waals surface area contributed by atoms with Crippen LogP contribution in [0.3, 0.4) is 0 Å². The summed E-state index contributed by atoms with van der Waals surface area (Å²) in [6.07, 6.45) is 5.67. The maximum atomic E-state index is 11.0. The predicted molar refractivity (Wildman–Crippen MR) is 74.4 cm³/mol. The second kappa shape index (κ2) is 5.36. The van der Waals surface area contributed by atoms with Crippen molar-refractivity contribution in [3.8, 4) is 12.3 Å². The highest BCUT2D eigenvalue weighted by Gasteiger charge is 2.37. The fraction of sp³-hybridized carbons (Fsp3) is 0.125. The first-order valence-electron chi connectivity index (χ1n) is 5.89. The molecule has 2 rings (SSSR count). The van der Waals surface area contributed by atoms with E-state index in [1.807, 2.05) is 60.7 Å². The Bertz CT molecular complexity index is 560. The Balaban J connectivity index is 2.63. The minimum atomic E-state index is -1.02. The van der Waals surface area contributed by atoms with Gasteiger partial charge in [-0.05, 0) is 11.1 Å². The van der Waals surface area contributed by atoms with Gasteiger partial charge in [0.2, 0.25) is 6.54 Å². The largest absolute Gasteiger partial charge is 0.264 e. The highest BCUT2D eigenvalue weighted by Crippen LogP contribution is 2.31. The van der Waals surface area contributed by atoms with E-state index in [1.54, 1.807) is 0 Å². The van der Waals surface area contributed by atoms with Crippen molar-refractivity contribution >= 4 is 0 Å². The molecule has 0 radical (unpaired) electrons. The van der Waals surface area contributed by atoms with Crippen LogP contribution < -0.4 is 0 Å². The van der Waals surface area contributed by atoms with Gasteiger partial charge in [0.1, 0.15) is 5.41 Å². The molecule has 94 valence electrons. The van der Waals surface area contributed by atoms with Gasteiger partial charge in [-0.3, -0.25) is 10.1 Å². The summed E-state index contributed by atoms with van der Waals surface area (Å²) < 4.78 is 0. The lowest BCUT2D eigenvalue weighted by atomic mass is 9.75. The van der Waals surface area contributed by atoms with Crippen molar-refractivity contribution in [1.29, 1.82) is 0 Å². The summed E-state index contributed by atoms with van der Waals surface area (Å²) >= 11 is 0. The van der Waals surface area contributed by atoms with E-state index in [0.717, 1.165) is 11.1 Å². The van der Waals surface area contributed by atoms with Gasteiger partial charge < -0.3 is 0 Å². The molecule has 0 saturated heterocycles. The summed E-state index contributed by atoms with van der Waals surface area (Å²) in [4.78, 5) is 10.7.